The lowest BCUT2D eigenvalue weighted by Gasteiger charge is -2.03. The summed E-state index contributed by atoms with van der Waals surface area (Å²) in [6.45, 7) is 2.24. The van der Waals surface area contributed by atoms with E-state index in [2.05, 4.69) is 15.0 Å². The summed E-state index contributed by atoms with van der Waals surface area (Å²) >= 11 is 0. The van der Waals surface area contributed by atoms with Gasteiger partial charge in [-0.1, -0.05) is 6.07 Å². The molecule has 96 valence electrons. The third kappa shape index (κ3) is 1.94. The molecule has 0 aliphatic heterocycles. The molecule has 3 aromatic rings. The fourth-order valence-corrected chi connectivity index (χ4v) is 2.09. The standard InChI is InChI=1S/C14H14N4O/c1-8-12(6-15)18-13(7-16-8)11-5-9-10(17-11)3-2-4-14(9)19/h2-5,7,17,19H,6,15H2,1H3. The minimum absolute atomic E-state index is 0.249. The second-order valence-corrected chi connectivity index (χ2v) is 4.41. The average Bonchev–Trinajstić information content (AvgIpc) is 2.85. The lowest BCUT2D eigenvalue weighted by Crippen LogP contribution is -2.05. The fourth-order valence-electron chi connectivity index (χ4n) is 2.09. The number of aromatic hydroxyl groups is 1. The highest BCUT2D eigenvalue weighted by Gasteiger charge is 2.09. The quantitative estimate of drug-likeness (QED) is 0.653. The molecule has 0 unspecified atom stereocenters. The fraction of sp³-hybridized carbons (Fsp3) is 0.143. The maximum Gasteiger partial charge on any atom is 0.124 e. The minimum Gasteiger partial charge on any atom is -0.507 e. The van der Waals surface area contributed by atoms with E-state index in [1.54, 1.807) is 18.3 Å². The lowest BCUT2D eigenvalue weighted by atomic mass is 10.2. The summed E-state index contributed by atoms with van der Waals surface area (Å²) in [7, 11) is 0. The number of phenolic OH excluding ortho intramolecular Hbond substituents is 1. The molecule has 0 atom stereocenters. The van der Waals surface area contributed by atoms with Crippen LogP contribution in [0, 0.1) is 6.92 Å². The van der Waals surface area contributed by atoms with E-state index in [4.69, 9.17) is 5.73 Å². The maximum absolute atomic E-state index is 9.80. The zero-order valence-corrected chi connectivity index (χ0v) is 10.5. The molecule has 0 aliphatic carbocycles. The monoisotopic (exact) mass is 254 g/mol. The van der Waals surface area contributed by atoms with Gasteiger partial charge < -0.3 is 15.8 Å². The number of nitrogens with two attached hydrogens (primary N) is 1. The molecule has 5 heteroatoms. The van der Waals surface area contributed by atoms with Gasteiger partial charge in [0.15, 0.2) is 0 Å². The molecule has 0 saturated heterocycles. The SMILES string of the molecule is Cc1ncc(-c2cc3c(O)cccc3[nH]2)nc1CN. The molecular weight excluding hydrogens is 240 g/mol. The Morgan fingerprint density at radius 1 is 1.37 bits per heavy atom. The van der Waals surface area contributed by atoms with Gasteiger partial charge in [0.25, 0.3) is 0 Å². The maximum atomic E-state index is 9.80. The lowest BCUT2D eigenvalue weighted by molar-refractivity contribution is 0.482. The van der Waals surface area contributed by atoms with Gasteiger partial charge in [-0.2, -0.15) is 0 Å². The van der Waals surface area contributed by atoms with Crippen LogP contribution in [-0.4, -0.2) is 20.1 Å². The highest BCUT2D eigenvalue weighted by Crippen LogP contribution is 2.28. The van der Waals surface area contributed by atoms with E-state index in [9.17, 15) is 5.11 Å². The zero-order valence-electron chi connectivity index (χ0n) is 10.5. The molecule has 2 aromatic heterocycles. The predicted molar refractivity (Wildman–Crippen MR) is 73.6 cm³/mol. The predicted octanol–water partition coefficient (Wildman–Crippen LogP) is 2.10. The Labute approximate surface area is 110 Å². The number of hydrogen-bond acceptors (Lipinski definition) is 4. The summed E-state index contributed by atoms with van der Waals surface area (Å²) in [5, 5.41) is 10.6. The van der Waals surface area contributed by atoms with Crippen LogP contribution in [0.25, 0.3) is 22.3 Å². The number of aromatic amines is 1. The zero-order chi connectivity index (χ0) is 13.4. The van der Waals surface area contributed by atoms with Gasteiger partial charge in [-0.05, 0) is 25.1 Å². The topological polar surface area (TPSA) is 87.8 Å². The second kappa shape index (κ2) is 4.37. The van der Waals surface area contributed by atoms with Crippen molar-refractivity contribution in [3.05, 3.63) is 41.9 Å². The number of benzene rings is 1. The van der Waals surface area contributed by atoms with Crippen LogP contribution in [0.2, 0.25) is 0 Å². The third-order valence-corrected chi connectivity index (χ3v) is 3.16. The molecule has 19 heavy (non-hydrogen) atoms. The number of nitrogens with zero attached hydrogens (tertiary/aromatic N) is 2. The third-order valence-electron chi connectivity index (χ3n) is 3.16. The van der Waals surface area contributed by atoms with Gasteiger partial charge in [0.2, 0.25) is 0 Å². The van der Waals surface area contributed by atoms with Crippen LogP contribution < -0.4 is 5.73 Å². The highest BCUT2D eigenvalue weighted by atomic mass is 16.3. The molecule has 5 nitrogen and oxygen atoms in total. The summed E-state index contributed by atoms with van der Waals surface area (Å²) in [6, 6.07) is 7.23. The molecule has 1 aromatic carbocycles. The van der Waals surface area contributed by atoms with Crippen molar-refractivity contribution in [2.75, 3.05) is 0 Å². The van der Waals surface area contributed by atoms with Crippen LogP contribution in [0.5, 0.6) is 5.75 Å². The van der Waals surface area contributed by atoms with Crippen LogP contribution in [0.1, 0.15) is 11.4 Å². The van der Waals surface area contributed by atoms with Crippen molar-refractivity contribution < 1.29 is 5.11 Å². The van der Waals surface area contributed by atoms with Gasteiger partial charge in [0.1, 0.15) is 11.4 Å². The first-order chi connectivity index (χ1) is 9.19. The summed E-state index contributed by atoms with van der Waals surface area (Å²) in [5.74, 6) is 0.249. The summed E-state index contributed by atoms with van der Waals surface area (Å²) < 4.78 is 0. The Morgan fingerprint density at radius 2 is 2.21 bits per heavy atom. The number of rotatable bonds is 2. The average molecular weight is 254 g/mol. The van der Waals surface area contributed by atoms with E-state index in [0.29, 0.717) is 6.54 Å². The molecule has 0 spiro atoms. The van der Waals surface area contributed by atoms with Crippen LogP contribution in [-0.2, 0) is 6.54 Å². The van der Waals surface area contributed by atoms with E-state index in [1.807, 2.05) is 19.1 Å². The first kappa shape index (κ1) is 11.7. The van der Waals surface area contributed by atoms with Gasteiger partial charge >= 0.3 is 0 Å². The molecule has 0 fully saturated rings. The molecule has 2 heterocycles. The molecule has 4 N–H and O–H groups in total. The van der Waals surface area contributed by atoms with Crippen molar-refractivity contribution in [3.63, 3.8) is 0 Å². The van der Waals surface area contributed by atoms with Gasteiger partial charge in [0, 0.05) is 17.4 Å². The summed E-state index contributed by atoms with van der Waals surface area (Å²) in [4.78, 5) is 12.0. The second-order valence-electron chi connectivity index (χ2n) is 4.41. The summed E-state index contributed by atoms with van der Waals surface area (Å²) in [6.07, 6.45) is 1.70. The number of hydrogen-bond donors (Lipinski definition) is 3. The Bertz CT molecular complexity index is 748. The molecule has 0 bridgehead atoms. The molecule has 0 saturated carbocycles. The number of nitrogens with one attached hydrogen (secondary N) is 1. The van der Waals surface area contributed by atoms with E-state index >= 15 is 0 Å². The van der Waals surface area contributed by atoms with E-state index < -0.39 is 0 Å². The van der Waals surface area contributed by atoms with Crippen molar-refractivity contribution in [1.29, 1.82) is 0 Å². The summed E-state index contributed by atoms with van der Waals surface area (Å²) in [5.41, 5.74) is 9.67. The molecule has 0 aliphatic rings. The Kier molecular flexibility index (Phi) is 2.68. The number of aromatic nitrogens is 3. The minimum atomic E-state index is 0.249. The Hall–Kier alpha value is -2.40. The van der Waals surface area contributed by atoms with Gasteiger partial charge in [-0.15, -0.1) is 0 Å². The van der Waals surface area contributed by atoms with E-state index in [1.165, 1.54) is 0 Å². The Morgan fingerprint density at radius 3 is 2.95 bits per heavy atom. The van der Waals surface area contributed by atoms with Crippen LogP contribution in [0.4, 0.5) is 0 Å². The molecule has 0 amide bonds. The largest absolute Gasteiger partial charge is 0.507 e. The molecule has 3 rings (SSSR count). The smallest absolute Gasteiger partial charge is 0.124 e. The normalized spacial score (nSPS) is 11.1. The van der Waals surface area contributed by atoms with E-state index in [0.717, 1.165) is 33.7 Å². The van der Waals surface area contributed by atoms with E-state index in [-0.39, 0.29) is 5.75 Å². The first-order valence-corrected chi connectivity index (χ1v) is 6.02. The van der Waals surface area contributed by atoms with Gasteiger partial charge in [-0.25, -0.2) is 4.98 Å². The molecule has 0 radical (unpaired) electrons. The van der Waals surface area contributed by atoms with Crippen molar-refractivity contribution in [2.45, 2.75) is 13.5 Å². The number of fused-ring (bicyclic) bond motifs is 1. The van der Waals surface area contributed by atoms with Crippen LogP contribution in [0.3, 0.4) is 0 Å². The van der Waals surface area contributed by atoms with Crippen molar-refractivity contribution in [3.8, 4) is 17.1 Å². The van der Waals surface area contributed by atoms with Crippen molar-refractivity contribution in [2.24, 2.45) is 5.73 Å². The van der Waals surface area contributed by atoms with Gasteiger partial charge in [0.05, 0.1) is 23.3 Å². The first-order valence-electron chi connectivity index (χ1n) is 6.02. The molecular formula is C14H14N4O. The van der Waals surface area contributed by atoms with Crippen molar-refractivity contribution in [1.82, 2.24) is 15.0 Å². The Balaban J connectivity index is 2.16. The highest BCUT2D eigenvalue weighted by molar-refractivity contribution is 5.90. The van der Waals surface area contributed by atoms with Crippen LogP contribution >= 0.6 is 0 Å². The number of aryl methyl sites for hydroxylation is 1. The van der Waals surface area contributed by atoms with Crippen LogP contribution in [0.15, 0.2) is 30.5 Å². The number of H-pyrrole nitrogens is 1. The van der Waals surface area contributed by atoms with Gasteiger partial charge in [-0.3, -0.25) is 4.98 Å². The number of phenols is 1. The van der Waals surface area contributed by atoms with Crippen molar-refractivity contribution >= 4 is 10.9 Å².